The number of aliphatic hydroxyl groups is 1. The van der Waals surface area contributed by atoms with Crippen LogP contribution in [0.15, 0.2) is 42.5 Å². The summed E-state index contributed by atoms with van der Waals surface area (Å²) in [4.78, 5) is 4.64. The number of hydrogen-bond acceptors (Lipinski definition) is 5. The van der Waals surface area contributed by atoms with Gasteiger partial charge >= 0.3 is 0 Å². The normalized spacial score (nSPS) is 18.2. The third kappa shape index (κ3) is 5.01. The largest absolute Gasteiger partial charge is 0.497 e. The van der Waals surface area contributed by atoms with Gasteiger partial charge in [0.15, 0.2) is 0 Å². The Bertz CT molecular complexity index is 771. The first kappa shape index (κ1) is 20.6. The van der Waals surface area contributed by atoms with Gasteiger partial charge in [-0.25, -0.2) is 4.39 Å². The highest BCUT2D eigenvalue weighted by atomic mass is 19.1. The van der Waals surface area contributed by atoms with E-state index in [9.17, 15) is 9.50 Å². The Morgan fingerprint density at radius 3 is 2.57 bits per heavy atom. The molecule has 1 aliphatic rings. The molecule has 5 nitrogen and oxygen atoms in total. The highest BCUT2D eigenvalue weighted by Crippen LogP contribution is 2.24. The lowest BCUT2D eigenvalue weighted by Gasteiger charge is -2.41. The number of halogens is 1. The van der Waals surface area contributed by atoms with Crippen LogP contribution in [0.1, 0.15) is 17.5 Å². The highest BCUT2D eigenvalue weighted by Gasteiger charge is 2.27. The van der Waals surface area contributed by atoms with Crippen LogP contribution in [0, 0.1) is 5.82 Å². The molecule has 152 valence electrons. The summed E-state index contributed by atoms with van der Waals surface area (Å²) >= 11 is 0. The second-order valence-corrected chi connectivity index (χ2v) is 7.14. The summed E-state index contributed by atoms with van der Waals surface area (Å²) in [6.07, 6.45) is 0.667. The van der Waals surface area contributed by atoms with Gasteiger partial charge < -0.3 is 14.6 Å². The Hall–Kier alpha value is -2.15. The number of piperazine rings is 1. The van der Waals surface area contributed by atoms with Crippen LogP contribution < -0.4 is 9.47 Å². The molecule has 1 N–H and O–H groups in total. The number of para-hydroxylation sites is 1. The van der Waals surface area contributed by atoms with E-state index in [1.54, 1.807) is 19.2 Å². The van der Waals surface area contributed by atoms with Gasteiger partial charge in [-0.05, 0) is 18.6 Å². The van der Waals surface area contributed by atoms with E-state index in [0.717, 1.165) is 37.5 Å². The first-order valence-electron chi connectivity index (χ1n) is 9.66. The Morgan fingerprint density at radius 2 is 1.86 bits per heavy atom. The Morgan fingerprint density at radius 1 is 1.04 bits per heavy atom. The van der Waals surface area contributed by atoms with Gasteiger partial charge in [-0.2, -0.15) is 0 Å². The number of rotatable bonds is 8. The van der Waals surface area contributed by atoms with Gasteiger partial charge in [-0.3, -0.25) is 9.80 Å². The van der Waals surface area contributed by atoms with Crippen molar-refractivity contribution in [3.05, 3.63) is 59.4 Å². The van der Waals surface area contributed by atoms with Crippen molar-refractivity contribution in [3.63, 3.8) is 0 Å². The molecule has 1 saturated heterocycles. The summed E-state index contributed by atoms with van der Waals surface area (Å²) in [6.45, 7) is 3.99. The lowest BCUT2D eigenvalue weighted by molar-refractivity contribution is 0.0489. The van der Waals surface area contributed by atoms with Crippen LogP contribution in [-0.2, 0) is 13.1 Å². The van der Waals surface area contributed by atoms with E-state index in [4.69, 9.17) is 9.47 Å². The molecule has 2 aromatic carbocycles. The van der Waals surface area contributed by atoms with Crippen molar-refractivity contribution in [2.75, 3.05) is 40.5 Å². The summed E-state index contributed by atoms with van der Waals surface area (Å²) in [5, 5.41) is 9.53. The van der Waals surface area contributed by atoms with Crippen LogP contribution in [0.4, 0.5) is 4.39 Å². The lowest BCUT2D eigenvalue weighted by atomic mass is 10.1. The van der Waals surface area contributed by atoms with Gasteiger partial charge in [0.2, 0.25) is 0 Å². The van der Waals surface area contributed by atoms with Crippen LogP contribution in [0.25, 0.3) is 0 Å². The third-order valence-corrected chi connectivity index (χ3v) is 5.37. The minimum absolute atomic E-state index is 0.120. The molecule has 0 amide bonds. The summed E-state index contributed by atoms with van der Waals surface area (Å²) in [6, 6.07) is 13.2. The molecule has 1 aliphatic heterocycles. The lowest BCUT2D eigenvalue weighted by Crippen LogP contribution is -2.52. The molecule has 6 heteroatoms. The molecule has 2 aromatic rings. The summed E-state index contributed by atoms with van der Waals surface area (Å²) in [5.41, 5.74) is 1.81. The van der Waals surface area contributed by atoms with E-state index in [-0.39, 0.29) is 18.5 Å². The quantitative estimate of drug-likeness (QED) is 0.753. The standard InChI is InChI=1S/C22H29FN2O3/c1-27-20-8-7-17(21(23)13-20)15-25-11-10-24(16-19(25)9-12-26)14-18-5-3-4-6-22(18)28-2/h3-8,13,19,26H,9-12,14-16H2,1-2H3. The Kier molecular flexibility index (Phi) is 7.25. The van der Waals surface area contributed by atoms with Gasteiger partial charge in [0.1, 0.15) is 17.3 Å². The van der Waals surface area contributed by atoms with Crippen molar-refractivity contribution in [3.8, 4) is 11.5 Å². The van der Waals surface area contributed by atoms with Gasteiger partial charge in [0.05, 0.1) is 14.2 Å². The number of hydrogen-bond donors (Lipinski definition) is 1. The SMILES string of the molecule is COc1ccc(CN2CCN(Cc3ccccc3OC)CC2CCO)c(F)c1. The topological polar surface area (TPSA) is 45.2 Å². The minimum atomic E-state index is -0.251. The fraction of sp³-hybridized carbons (Fsp3) is 0.455. The molecule has 1 fully saturated rings. The van der Waals surface area contributed by atoms with Crippen molar-refractivity contribution in [2.45, 2.75) is 25.6 Å². The molecule has 3 rings (SSSR count). The monoisotopic (exact) mass is 388 g/mol. The summed E-state index contributed by atoms with van der Waals surface area (Å²) in [7, 11) is 3.22. The molecule has 0 saturated carbocycles. The smallest absolute Gasteiger partial charge is 0.131 e. The number of nitrogens with zero attached hydrogens (tertiary/aromatic N) is 2. The predicted octanol–water partition coefficient (Wildman–Crippen LogP) is 2.91. The van der Waals surface area contributed by atoms with Gasteiger partial charge in [0.25, 0.3) is 0 Å². The summed E-state index contributed by atoms with van der Waals surface area (Å²) < 4.78 is 24.9. The number of ether oxygens (including phenoxy) is 2. The van der Waals surface area contributed by atoms with Gasteiger partial charge in [0, 0.05) is 62.6 Å². The first-order chi connectivity index (χ1) is 13.6. The van der Waals surface area contributed by atoms with Crippen molar-refractivity contribution < 1.29 is 19.0 Å². The van der Waals surface area contributed by atoms with E-state index in [1.165, 1.54) is 13.2 Å². The molecule has 0 radical (unpaired) electrons. The minimum Gasteiger partial charge on any atom is -0.497 e. The Balaban J connectivity index is 1.67. The van der Waals surface area contributed by atoms with Crippen LogP contribution in [0.2, 0.25) is 0 Å². The second kappa shape index (κ2) is 9.87. The van der Waals surface area contributed by atoms with Crippen molar-refractivity contribution in [2.24, 2.45) is 0 Å². The zero-order valence-electron chi connectivity index (χ0n) is 16.6. The van der Waals surface area contributed by atoms with Crippen LogP contribution in [0.3, 0.4) is 0 Å². The number of methoxy groups -OCH3 is 2. The molecular weight excluding hydrogens is 359 g/mol. The Labute approximate surface area is 166 Å². The van der Waals surface area contributed by atoms with Crippen molar-refractivity contribution >= 4 is 0 Å². The molecule has 1 heterocycles. The molecule has 1 unspecified atom stereocenters. The van der Waals surface area contributed by atoms with Crippen LogP contribution >= 0.6 is 0 Å². The van der Waals surface area contributed by atoms with Gasteiger partial charge in [-0.15, -0.1) is 0 Å². The molecule has 1 atom stereocenters. The molecular formula is C22H29FN2O3. The highest BCUT2D eigenvalue weighted by molar-refractivity contribution is 5.33. The first-order valence-corrected chi connectivity index (χ1v) is 9.66. The third-order valence-electron chi connectivity index (χ3n) is 5.37. The second-order valence-electron chi connectivity index (χ2n) is 7.14. The zero-order chi connectivity index (χ0) is 19.9. The van der Waals surface area contributed by atoms with Crippen LogP contribution in [0.5, 0.6) is 11.5 Å². The van der Waals surface area contributed by atoms with E-state index in [0.29, 0.717) is 24.3 Å². The van der Waals surface area contributed by atoms with Crippen LogP contribution in [-0.4, -0.2) is 61.4 Å². The molecule has 0 spiro atoms. The average molecular weight is 388 g/mol. The van der Waals surface area contributed by atoms with Crippen molar-refractivity contribution in [1.29, 1.82) is 0 Å². The molecule has 28 heavy (non-hydrogen) atoms. The van der Waals surface area contributed by atoms with Crippen molar-refractivity contribution in [1.82, 2.24) is 9.80 Å². The van der Waals surface area contributed by atoms with E-state index >= 15 is 0 Å². The average Bonchev–Trinajstić information content (AvgIpc) is 2.71. The maximum absolute atomic E-state index is 14.4. The predicted molar refractivity (Wildman–Crippen MR) is 107 cm³/mol. The maximum Gasteiger partial charge on any atom is 0.131 e. The number of benzene rings is 2. The zero-order valence-corrected chi connectivity index (χ0v) is 16.6. The molecule has 0 aliphatic carbocycles. The summed E-state index contributed by atoms with van der Waals surface area (Å²) in [5.74, 6) is 1.16. The molecule has 0 aromatic heterocycles. The fourth-order valence-electron chi connectivity index (χ4n) is 3.81. The fourth-order valence-corrected chi connectivity index (χ4v) is 3.81. The van der Waals surface area contributed by atoms with E-state index in [2.05, 4.69) is 15.9 Å². The van der Waals surface area contributed by atoms with E-state index in [1.807, 2.05) is 18.2 Å². The van der Waals surface area contributed by atoms with E-state index < -0.39 is 0 Å². The number of aliphatic hydroxyl groups excluding tert-OH is 1. The van der Waals surface area contributed by atoms with Gasteiger partial charge in [-0.1, -0.05) is 24.3 Å². The molecule has 0 bridgehead atoms. The maximum atomic E-state index is 14.4.